The molecule has 0 aliphatic rings. The van der Waals surface area contributed by atoms with E-state index in [1.165, 1.54) is 7.11 Å². The van der Waals surface area contributed by atoms with Crippen LogP contribution in [0.2, 0.25) is 0 Å². The maximum absolute atomic E-state index is 10.8. The monoisotopic (exact) mass is 310 g/mol. The average Bonchev–Trinajstić information content (AvgIpc) is 2.50. The molecule has 1 atom stereocenters. The van der Waals surface area contributed by atoms with Crippen LogP contribution >= 0.6 is 22.6 Å². The largest absolute Gasteiger partial charge is 0.469 e. The molecule has 0 fully saturated rings. The van der Waals surface area contributed by atoms with Gasteiger partial charge >= 0.3 is 5.97 Å². The Hall–Kier alpha value is -0.630. The minimum atomic E-state index is -0.752. The summed E-state index contributed by atoms with van der Waals surface area (Å²) in [5.41, 5.74) is 0. The van der Waals surface area contributed by atoms with E-state index in [-0.39, 0.29) is 6.42 Å². The number of aliphatic hydroxyl groups is 1. The van der Waals surface area contributed by atoms with Gasteiger partial charge in [0.1, 0.15) is 0 Å². The van der Waals surface area contributed by atoms with E-state index in [0.717, 1.165) is 3.57 Å². The van der Waals surface area contributed by atoms with Crippen LogP contribution in [0.5, 0.6) is 0 Å². The molecular formula is C8H11IN2O3. The number of rotatable bonds is 4. The highest BCUT2D eigenvalue weighted by Crippen LogP contribution is 2.03. The Bertz CT molecular complexity index is 313. The van der Waals surface area contributed by atoms with Crippen molar-refractivity contribution in [2.75, 3.05) is 7.11 Å². The SMILES string of the molecule is COC(=O)C[C@@H](O)Cn1cc(I)cn1. The quantitative estimate of drug-likeness (QED) is 0.646. The van der Waals surface area contributed by atoms with E-state index in [2.05, 4.69) is 32.4 Å². The van der Waals surface area contributed by atoms with Gasteiger partial charge < -0.3 is 9.84 Å². The maximum atomic E-state index is 10.8. The van der Waals surface area contributed by atoms with Gasteiger partial charge in [-0.15, -0.1) is 0 Å². The van der Waals surface area contributed by atoms with Gasteiger partial charge in [-0.25, -0.2) is 0 Å². The lowest BCUT2D eigenvalue weighted by Crippen LogP contribution is -2.20. The van der Waals surface area contributed by atoms with Crippen molar-refractivity contribution in [1.82, 2.24) is 9.78 Å². The third-order valence-electron chi connectivity index (χ3n) is 1.63. The molecule has 1 N–H and O–H groups in total. The highest BCUT2D eigenvalue weighted by Gasteiger charge is 2.11. The molecule has 5 nitrogen and oxygen atoms in total. The highest BCUT2D eigenvalue weighted by atomic mass is 127. The van der Waals surface area contributed by atoms with Gasteiger partial charge in [-0.3, -0.25) is 9.48 Å². The summed E-state index contributed by atoms with van der Waals surface area (Å²) in [6.07, 6.45) is 2.72. The molecule has 0 unspecified atom stereocenters. The Morgan fingerprint density at radius 3 is 3.07 bits per heavy atom. The van der Waals surface area contributed by atoms with E-state index >= 15 is 0 Å². The van der Waals surface area contributed by atoms with Crippen LogP contribution in [0.3, 0.4) is 0 Å². The molecule has 0 amide bonds. The molecule has 0 aliphatic carbocycles. The molecule has 0 saturated heterocycles. The fraction of sp³-hybridized carbons (Fsp3) is 0.500. The van der Waals surface area contributed by atoms with Crippen molar-refractivity contribution in [1.29, 1.82) is 0 Å². The van der Waals surface area contributed by atoms with Crippen LogP contribution in [0.1, 0.15) is 6.42 Å². The van der Waals surface area contributed by atoms with Gasteiger partial charge in [0, 0.05) is 6.20 Å². The van der Waals surface area contributed by atoms with Gasteiger partial charge in [0.15, 0.2) is 0 Å². The van der Waals surface area contributed by atoms with Crippen LogP contribution < -0.4 is 0 Å². The molecule has 78 valence electrons. The van der Waals surface area contributed by atoms with E-state index in [0.29, 0.717) is 6.54 Å². The van der Waals surface area contributed by atoms with Gasteiger partial charge in [0.2, 0.25) is 0 Å². The first-order chi connectivity index (χ1) is 6.61. The molecule has 1 heterocycles. The molecule has 0 spiro atoms. The zero-order valence-electron chi connectivity index (χ0n) is 7.68. The Morgan fingerprint density at radius 2 is 2.57 bits per heavy atom. The van der Waals surface area contributed by atoms with Crippen LogP contribution in [0, 0.1) is 3.57 Å². The van der Waals surface area contributed by atoms with Crippen molar-refractivity contribution in [3.8, 4) is 0 Å². The maximum Gasteiger partial charge on any atom is 0.308 e. The Labute approximate surface area is 95.2 Å². The highest BCUT2D eigenvalue weighted by molar-refractivity contribution is 14.1. The first-order valence-electron chi connectivity index (χ1n) is 4.04. The van der Waals surface area contributed by atoms with Crippen molar-refractivity contribution in [3.05, 3.63) is 16.0 Å². The summed E-state index contributed by atoms with van der Waals surface area (Å²) in [5, 5.41) is 13.4. The lowest BCUT2D eigenvalue weighted by Gasteiger charge is -2.08. The molecule has 0 aliphatic heterocycles. The molecule has 0 radical (unpaired) electrons. The number of carbonyl (C=O) groups excluding carboxylic acids is 1. The summed E-state index contributed by atoms with van der Waals surface area (Å²) in [4.78, 5) is 10.8. The Kier molecular flexibility index (Phi) is 4.33. The number of nitrogens with zero attached hydrogens (tertiary/aromatic N) is 2. The van der Waals surface area contributed by atoms with Crippen LogP contribution in [-0.4, -0.2) is 34.1 Å². The molecule has 0 aromatic carbocycles. The lowest BCUT2D eigenvalue weighted by molar-refractivity contribution is -0.143. The number of aliphatic hydroxyl groups excluding tert-OH is 1. The van der Waals surface area contributed by atoms with Gasteiger partial charge in [-0.05, 0) is 22.6 Å². The summed E-state index contributed by atoms with van der Waals surface area (Å²) in [6, 6.07) is 0. The van der Waals surface area contributed by atoms with Gasteiger partial charge in [0.25, 0.3) is 0 Å². The number of methoxy groups -OCH3 is 1. The summed E-state index contributed by atoms with van der Waals surface area (Å²) < 4.78 is 7.02. The van der Waals surface area contributed by atoms with Crippen molar-refractivity contribution in [2.24, 2.45) is 0 Å². The summed E-state index contributed by atoms with van der Waals surface area (Å²) >= 11 is 2.12. The zero-order valence-corrected chi connectivity index (χ0v) is 9.84. The molecule has 1 aromatic heterocycles. The van der Waals surface area contributed by atoms with Crippen molar-refractivity contribution >= 4 is 28.6 Å². The van der Waals surface area contributed by atoms with Crippen molar-refractivity contribution < 1.29 is 14.6 Å². The molecule has 0 bridgehead atoms. The van der Waals surface area contributed by atoms with E-state index in [4.69, 9.17) is 0 Å². The normalized spacial score (nSPS) is 12.5. The predicted molar refractivity (Wildman–Crippen MR) is 57.6 cm³/mol. The molecule has 1 aromatic rings. The Morgan fingerprint density at radius 1 is 1.86 bits per heavy atom. The first kappa shape index (κ1) is 11.4. The number of halogens is 1. The number of carbonyl (C=O) groups is 1. The van der Waals surface area contributed by atoms with E-state index < -0.39 is 12.1 Å². The van der Waals surface area contributed by atoms with E-state index in [9.17, 15) is 9.90 Å². The smallest absolute Gasteiger partial charge is 0.308 e. The number of aromatic nitrogens is 2. The third kappa shape index (κ3) is 3.62. The topological polar surface area (TPSA) is 64.3 Å². The number of hydrogen-bond donors (Lipinski definition) is 1. The molecule has 0 saturated carbocycles. The van der Waals surface area contributed by atoms with Crippen LogP contribution in [0.15, 0.2) is 12.4 Å². The summed E-state index contributed by atoms with van der Waals surface area (Å²) in [6.45, 7) is 0.304. The van der Waals surface area contributed by atoms with Gasteiger partial charge in [-0.2, -0.15) is 5.10 Å². The molecule has 6 heteroatoms. The van der Waals surface area contributed by atoms with E-state index in [1.807, 2.05) is 0 Å². The van der Waals surface area contributed by atoms with E-state index in [1.54, 1.807) is 17.1 Å². The fourth-order valence-electron chi connectivity index (χ4n) is 0.994. The molecule has 14 heavy (non-hydrogen) atoms. The minimum Gasteiger partial charge on any atom is -0.469 e. The van der Waals surface area contributed by atoms with Gasteiger partial charge in [0.05, 0.1) is 35.9 Å². The standard InChI is InChI=1S/C8H11IN2O3/c1-14-8(13)2-7(12)5-11-4-6(9)3-10-11/h3-4,7,12H,2,5H2,1H3/t7-/m1/s1. The summed E-state index contributed by atoms with van der Waals surface area (Å²) in [7, 11) is 1.30. The minimum absolute atomic E-state index is 0.00700. The third-order valence-corrected chi connectivity index (χ3v) is 2.19. The molecule has 1 rings (SSSR count). The second-order valence-electron chi connectivity index (χ2n) is 2.81. The molecular weight excluding hydrogens is 299 g/mol. The van der Waals surface area contributed by atoms with Crippen LogP contribution in [-0.2, 0) is 16.1 Å². The predicted octanol–water partition coefficient (Wildman–Crippen LogP) is 0.412. The Balaban J connectivity index is 2.41. The average molecular weight is 310 g/mol. The second kappa shape index (κ2) is 5.30. The van der Waals surface area contributed by atoms with Gasteiger partial charge in [-0.1, -0.05) is 0 Å². The summed E-state index contributed by atoms with van der Waals surface area (Å²) in [5.74, 6) is -0.417. The zero-order chi connectivity index (χ0) is 10.6. The number of hydrogen-bond acceptors (Lipinski definition) is 4. The first-order valence-corrected chi connectivity index (χ1v) is 5.12. The second-order valence-corrected chi connectivity index (χ2v) is 4.06. The number of ether oxygens (including phenoxy) is 1. The van der Waals surface area contributed by atoms with Crippen LogP contribution in [0.4, 0.5) is 0 Å². The fourth-order valence-corrected chi connectivity index (χ4v) is 1.44. The van der Waals surface area contributed by atoms with Crippen molar-refractivity contribution in [2.45, 2.75) is 19.1 Å². The number of esters is 1. The van der Waals surface area contributed by atoms with Crippen LogP contribution in [0.25, 0.3) is 0 Å². The lowest BCUT2D eigenvalue weighted by atomic mass is 10.2. The van der Waals surface area contributed by atoms with Crippen molar-refractivity contribution in [3.63, 3.8) is 0 Å².